The van der Waals surface area contributed by atoms with Crippen LogP contribution in [-0.4, -0.2) is 4.98 Å². The van der Waals surface area contributed by atoms with E-state index in [4.69, 9.17) is 5.73 Å². The standard InChI is InChI=1S/C12H10F2N2/c13-12(14,9-4-6-16-7-5-9)10-2-1-3-11(15)8-10/h1-8H,15H2. The maximum Gasteiger partial charge on any atom is 0.298 e. The summed E-state index contributed by atoms with van der Waals surface area (Å²) in [6, 6.07) is 8.31. The number of nitrogens with two attached hydrogens (primary N) is 1. The Balaban J connectivity index is 2.47. The van der Waals surface area contributed by atoms with E-state index in [1.54, 1.807) is 6.07 Å². The Morgan fingerprint density at radius 2 is 1.69 bits per heavy atom. The SMILES string of the molecule is Nc1cccc(C(F)(F)c2ccncc2)c1. The van der Waals surface area contributed by atoms with Crippen molar-refractivity contribution in [2.75, 3.05) is 5.73 Å². The smallest absolute Gasteiger partial charge is 0.298 e. The predicted octanol–water partition coefficient (Wildman–Crippen LogP) is 2.80. The lowest BCUT2D eigenvalue weighted by molar-refractivity contribution is 0.0428. The van der Waals surface area contributed by atoms with Crippen molar-refractivity contribution in [3.63, 3.8) is 0 Å². The molecule has 2 aromatic rings. The summed E-state index contributed by atoms with van der Waals surface area (Å²) in [4.78, 5) is 3.71. The molecule has 1 aromatic carbocycles. The lowest BCUT2D eigenvalue weighted by Gasteiger charge is -2.17. The minimum atomic E-state index is -3.04. The third-order valence-electron chi connectivity index (χ3n) is 2.29. The van der Waals surface area contributed by atoms with Crippen LogP contribution >= 0.6 is 0 Å². The molecule has 0 saturated heterocycles. The monoisotopic (exact) mass is 220 g/mol. The van der Waals surface area contributed by atoms with Crippen LogP contribution in [0.4, 0.5) is 14.5 Å². The Bertz CT molecular complexity index is 483. The number of aromatic nitrogens is 1. The van der Waals surface area contributed by atoms with Gasteiger partial charge in [0.05, 0.1) is 0 Å². The summed E-state index contributed by atoms with van der Waals surface area (Å²) in [6.45, 7) is 0. The number of nitrogen functional groups attached to an aromatic ring is 1. The highest BCUT2D eigenvalue weighted by atomic mass is 19.3. The van der Waals surface area contributed by atoms with Gasteiger partial charge < -0.3 is 5.73 Å². The summed E-state index contributed by atoms with van der Waals surface area (Å²) in [7, 11) is 0. The Labute approximate surface area is 91.7 Å². The number of hydrogen-bond acceptors (Lipinski definition) is 2. The molecule has 0 aliphatic carbocycles. The molecule has 0 spiro atoms. The molecule has 82 valence electrons. The molecule has 16 heavy (non-hydrogen) atoms. The van der Waals surface area contributed by atoms with Crippen molar-refractivity contribution >= 4 is 5.69 Å². The quantitative estimate of drug-likeness (QED) is 0.790. The second-order valence-corrected chi connectivity index (χ2v) is 3.44. The van der Waals surface area contributed by atoms with Gasteiger partial charge in [0.2, 0.25) is 0 Å². The number of benzene rings is 1. The zero-order valence-corrected chi connectivity index (χ0v) is 8.40. The summed E-state index contributed by atoms with van der Waals surface area (Å²) in [6.07, 6.45) is 2.69. The number of nitrogens with zero attached hydrogens (tertiary/aromatic N) is 1. The lowest BCUT2D eigenvalue weighted by atomic mass is 10.0. The molecule has 0 radical (unpaired) electrons. The van der Waals surface area contributed by atoms with Crippen molar-refractivity contribution in [3.05, 3.63) is 59.9 Å². The van der Waals surface area contributed by atoms with Crippen LogP contribution in [0.3, 0.4) is 0 Å². The molecular formula is C12H10F2N2. The fraction of sp³-hybridized carbons (Fsp3) is 0.0833. The van der Waals surface area contributed by atoms with Crippen LogP contribution in [-0.2, 0) is 5.92 Å². The first-order chi connectivity index (χ1) is 7.60. The van der Waals surface area contributed by atoms with E-state index in [1.165, 1.54) is 42.7 Å². The van der Waals surface area contributed by atoms with E-state index >= 15 is 0 Å². The highest BCUT2D eigenvalue weighted by Crippen LogP contribution is 2.35. The van der Waals surface area contributed by atoms with Gasteiger partial charge in [-0.15, -0.1) is 0 Å². The van der Waals surface area contributed by atoms with Crippen LogP contribution in [0.15, 0.2) is 48.8 Å². The maximum atomic E-state index is 14.0. The summed E-state index contributed by atoms with van der Waals surface area (Å²) in [5, 5.41) is 0. The van der Waals surface area contributed by atoms with E-state index in [9.17, 15) is 8.78 Å². The van der Waals surface area contributed by atoms with E-state index in [2.05, 4.69) is 4.98 Å². The van der Waals surface area contributed by atoms with Gasteiger partial charge in [-0.25, -0.2) is 0 Å². The molecule has 2 nitrogen and oxygen atoms in total. The zero-order valence-electron chi connectivity index (χ0n) is 8.40. The topological polar surface area (TPSA) is 38.9 Å². The second kappa shape index (κ2) is 3.89. The first kappa shape index (κ1) is 10.5. The molecule has 2 rings (SSSR count). The fourth-order valence-electron chi connectivity index (χ4n) is 1.46. The Morgan fingerprint density at radius 1 is 1.00 bits per heavy atom. The zero-order chi connectivity index (χ0) is 11.6. The third-order valence-corrected chi connectivity index (χ3v) is 2.29. The molecular weight excluding hydrogens is 210 g/mol. The largest absolute Gasteiger partial charge is 0.399 e. The Hall–Kier alpha value is -1.97. The van der Waals surface area contributed by atoms with Gasteiger partial charge in [-0.3, -0.25) is 4.98 Å². The Morgan fingerprint density at radius 3 is 2.31 bits per heavy atom. The van der Waals surface area contributed by atoms with Gasteiger partial charge >= 0.3 is 0 Å². The molecule has 0 aliphatic heterocycles. The molecule has 0 fully saturated rings. The molecule has 0 aliphatic rings. The molecule has 1 heterocycles. The van der Waals surface area contributed by atoms with Crippen molar-refractivity contribution in [1.29, 1.82) is 0 Å². The van der Waals surface area contributed by atoms with E-state index in [0.29, 0.717) is 5.69 Å². The van der Waals surface area contributed by atoms with Gasteiger partial charge in [0.15, 0.2) is 0 Å². The van der Waals surface area contributed by atoms with Gasteiger partial charge in [-0.1, -0.05) is 12.1 Å². The molecule has 1 aromatic heterocycles. The average molecular weight is 220 g/mol. The highest BCUT2D eigenvalue weighted by Gasteiger charge is 2.33. The van der Waals surface area contributed by atoms with Crippen molar-refractivity contribution in [2.45, 2.75) is 5.92 Å². The molecule has 4 heteroatoms. The number of hydrogen-bond donors (Lipinski definition) is 1. The number of rotatable bonds is 2. The first-order valence-corrected chi connectivity index (χ1v) is 4.75. The van der Waals surface area contributed by atoms with Gasteiger partial charge in [0.1, 0.15) is 0 Å². The first-order valence-electron chi connectivity index (χ1n) is 4.75. The minimum Gasteiger partial charge on any atom is -0.399 e. The van der Waals surface area contributed by atoms with E-state index in [0.717, 1.165) is 0 Å². The molecule has 0 saturated carbocycles. The summed E-state index contributed by atoms with van der Waals surface area (Å²) < 4.78 is 28.0. The van der Waals surface area contributed by atoms with Crippen LogP contribution in [0.25, 0.3) is 0 Å². The summed E-state index contributed by atoms with van der Waals surface area (Å²) >= 11 is 0. The van der Waals surface area contributed by atoms with Crippen molar-refractivity contribution < 1.29 is 8.78 Å². The van der Waals surface area contributed by atoms with Crippen LogP contribution in [0.1, 0.15) is 11.1 Å². The minimum absolute atomic E-state index is 0.0897. The maximum absolute atomic E-state index is 14.0. The van der Waals surface area contributed by atoms with E-state index < -0.39 is 5.92 Å². The van der Waals surface area contributed by atoms with E-state index in [1.807, 2.05) is 0 Å². The van der Waals surface area contributed by atoms with Crippen molar-refractivity contribution in [2.24, 2.45) is 0 Å². The van der Waals surface area contributed by atoms with Crippen molar-refractivity contribution in [1.82, 2.24) is 4.98 Å². The summed E-state index contributed by atoms with van der Waals surface area (Å²) in [5.74, 6) is -3.04. The second-order valence-electron chi connectivity index (χ2n) is 3.44. The van der Waals surface area contributed by atoms with E-state index in [-0.39, 0.29) is 11.1 Å². The highest BCUT2D eigenvalue weighted by molar-refractivity contribution is 5.44. The number of pyridine rings is 1. The fourth-order valence-corrected chi connectivity index (χ4v) is 1.46. The van der Waals surface area contributed by atoms with Crippen LogP contribution < -0.4 is 5.73 Å². The predicted molar refractivity (Wildman–Crippen MR) is 58.1 cm³/mol. The third kappa shape index (κ3) is 1.86. The summed E-state index contributed by atoms with van der Waals surface area (Å²) in [5.41, 5.74) is 5.61. The Kier molecular flexibility index (Phi) is 2.56. The number of halogens is 2. The van der Waals surface area contributed by atoms with Crippen LogP contribution in [0.2, 0.25) is 0 Å². The average Bonchev–Trinajstić information content (AvgIpc) is 2.30. The van der Waals surface area contributed by atoms with Gasteiger partial charge in [-0.05, 0) is 24.3 Å². The normalized spacial score (nSPS) is 11.4. The number of anilines is 1. The van der Waals surface area contributed by atoms with Crippen LogP contribution in [0, 0.1) is 0 Å². The molecule has 0 bridgehead atoms. The molecule has 0 atom stereocenters. The van der Waals surface area contributed by atoms with Crippen LogP contribution in [0.5, 0.6) is 0 Å². The van der Waals surface area contributed by atoms with Crippen molar-refractivity contribution in [3.8, 4) is 0 Å². The molecule has 0 amide bonds. The lowest BCUT2D eigenvalue weighted by Crippen LogP contribution is -2.15. The van der Waals surface area contributed by atoms with Gasteiger partial charge in [-0.2, -0.15) is 8.78 Å². The number of alkyl halides is 2. The molecule has 0 unspecified atom stereocenters. The molecule has 2 N–H and O–H groups in total. The van der Waals surface area contributed by atoms with Gasteiger partial charge in [0, 0.05) is 29.2 Å². The van der Waals surface area contributed by atoms with Gasteiger partial charge in [0.25, 0.3) is 5.92 Å².